The van der Waals surface area contributed by atoms with Crippen molar-refractivity contribution in [1.29, 1.82) is 0 Å². The predicted octanol–water partition coefficient (Wildman–Crippen LogP) is 4.55. The van der Waals surface area contributed by atoms with Gasteiger partial charge in [-0.05, 0) is 23.6 Å². The number of benzene rings is 2. The maximum absolute atomic E-state index is 13.1. The van der Waals surface area contributed by atoms with Gasteiger partial charge in [-0.3, -0.25) is 0 Å². The van der Waals surface area contributed by atoms with Gasteiger partial charge in [0.2, 0.25) is 0 Å². The summed E-state index contributed by atoms with van der Waals surface area (Å²) < 4.78 is 39.4. The zero-order valence-corrected chi connectivity index (χ0v) is 11.7. The third-order valence-corrected chi connectivity index (χ3v) is 3.66. The molecule has 0 saturated carbocycles. The minimum absolute atomic E-state index is 0.0659. The van der Waals surface area contributed by atoms with Gasteiger partial charge in [-0.15, -0.1) is 0 Å². The summed E-state index contributed by atoms with van der Waals surface area (Å²) in [5.41, 5.74) is -1.57. The molecule has 2 rings (SSSR count). The summed E-state index contributed by atoms with van der Waals surface area (Å²) in [5, 5.41) is 10.8. The van der Waals surface area contributed by atoms with Crippen LogP contribution in [0.15, 0.2) is 54.6 Å². The normalized spacial score (nSPS) is 14.7. The summed E-state index contributed by atoms with van der Waals surface area (Å²) in [5.74, 6) is 0. The molecule has 0 aliphatic heterocycles. The molecule has 2 aromatic rings. The van der Waals surface area contributed by atoms with Gasteiger partial charge in [0.1, 0.15) is 0 Å². The van der Waals surface area contributed by atoms with E-state index in [0.29, 0.717) is 0 Å². The quantitative estimate of drug-likeness (QED) is 0.877. The highest BCUT2D eigenvalue weighted by Crippen LogP contribution is 2.39. The monoisotopic (exact) mass is 294 g/mol. The lowest BCUT2D eigenvalue weighted by molar-refractivity contribution is -0.140. The van der Waals surface area contributed by atoms with E-state index in [9.17, 15) is 18.3 Å². The van der Waals surface area contributed by atoms with Crippen molar-refractivity contribution in [3.8, 4) is 0 Å². The van der Waals surface area contributed by atoms with E-state index in [4.69, 9.17) is 0 Å². The largest absolute Gasteiger partial charge is 0.416 e. The molecule has 4 heteroatoms. The molecule has 1 unspecified atom stereocenters. The molecular formula is C17H17F3O. The fraction of sp³-hybridized carbons (Fsp3) is 0.294. The molecule has 2 aromatic carbocycles. The van der Waals surface area contributed by atoms with E-state index < -0.39 is 17.3 Å². The van der Waals surface area contributed by atoms with E-state index in [2.05, 4.69) is 0 Å². The predicted molar refractivity (Wildman–Crippen MR) is 75.8 cm³/mol. The SMILES string of the molecule is CCC(O)(Cc1ccccc1)c1ccccc1C(F)(F)F. The second-order valence-corrected chi connectivity index (χ2v) is 5.09. The van der Waals surface area contributed by atoms with E-state index >= 15 is 0 Å². The zero-order valence-electron chi connectivity index (χ0n) is 11.7. The molecule has 0 bridgehead atoms. The van der Waals surface area contributed by atoms with E-state index in [1.807, 2.05) is 6.07 Å². The first-order chi connectivity index (χ1) is 9.87. The van der Waals surface area contributed by atoms with Crippen LogP contribution in [0.1, 0.15) is 30.0 Å². The molecule has 1 N–H and O–H groups in total. The average Bonchev–Trinajstić information content (AvgIpc) is 2.47. The average molecular weight is 294 g/mol. The van der Waals surface area contributed by atoms with Gasteiger partial charge in [0.25, 0.3) is 0 Å². The smallest absolute Gasteiger partial charge is 0.385 e. The van der Waals surface area contributed by atoms with Crippen LogP contribution in [0.4, 0.5) is 13.2 Å². The molecule has 0 fully saturated rings. The Balaban J connectivity index is 2.46. The van der Waals surface area contributed by atoms with Crippen LogP contribution < -0.4 is 0 Å². The number of alkyl halides is 3. The van der Waals surface area contributed by atoms with Crippen LogP contribution in [0.3, 0.4) is 0 Å². The Bertz CT molecular complexity index is 592. The molecule has 0 radical (unpaired) electrons. The number of aliphatic hydroxyl groups is 1. The van der Waals surface area contributed by atoms with Crippen LogP contribution in [0.25, 0.3) is 0 Å². The molecule has 0 aromatic heterocycles. The number of rotatable bonds is 4. The van der Waals surface area contributed by atoms with E-state index in [1.165, 1.54) is 18.2 Å². The van der Waals surface area contributed by atoms with Gasteiger partial charge in [0.05, 0.1) is 11.2 Å². The van der Waals surface area contributed by atoms with Crippen LogP contribution in [0, 0.1) is 0 Å². The molecule has 0 spiro atoms. The second-order valence-electron chi connectivity index (χ2n) is 5.09. The molecule has 0 aliphatic rings. The van der Waals surface area contributed by atoms with Crippen LogP contribution in [0.5, 0.6) is 0 Å². The van der Waals surface area contributed by atoms with Crippen molar-refractivity contribution in [2.45, 2.75) is 31.5 Å². The Morgan fingerprint density at radius 2 is 1.38 bits per heavy atom. The van der Waals surface area contributed by atoms with Crippen molar-refractivity contribution in [2.75, 3.05) is 0 Å². The van der Waals surface area contributed by atoms with Crippen molar-refractivity contribution < 1.29 is 18.3 Å². The Kier molecular flexibility index (Phi) is 4.37. The highest BCUT2D eigenvalue weighted by atomic mass is 19.4. The van der Waals surface area contributed by atoms with Crippen molar-refractivity contribution in [1.82, 2.24) is 0 Å². The standard InChI is InChI=1S/C17H17F3O/c1-2-16(21,12-13-8-4-3-5-9-13)14-10-6-7-11-15(14)17(18,19)20/h3-11,21H,2,12H2,1H3. The van der Waals surface area contributed by atoms with Gasteiger partial charge < -0.3 is 5.11 Å². The van der Waals surface area contributed by atoms with Gasteiger partial charge >= 0.3 is 6.18 Å². The Morgan fingerprint density at radius 3 is 1.90 bits per heavy atom. The minimum Gasteiger partial charge on any atom is -0.385 e. The number of hydrogen-bond acceptors (Lipinski definition) is 1. The summed E-state index contributed by atoms with van der Waals surface area (Å²) in [6.07, 6.45) is -4.12. The fourth-order valence-corrected chi connectivity index (χ4v) is 2.48. The van der Waals surface area contributed by atoms with Gasteiger partial charge in [-0.2, -0.15) is 13.2 Å². The molecule has 0 amide bonds. The molecular weight excluding hydrogens is 277 g/mol. The van der Waals surface area contributed by atoms with Gasteiger partial charge in [-0.25, -0.2) is 0 Å². The van der Waals surface area contributed by atoms with E-state index in [-0.39, 0.29) is 18.4 Å². The maximum Gasteiger partial charge on any atom is 0.416 e. The molecule has 0 heterocycles. The van der Waals surface area contributed by atoms with Crippen LogP contribution in [-0.4, -0.2) is 5.11 Å². The topological polar surface area (TPSA) is 20.2 Å². The minimum atomic E-state index is -4.48. The summed E-state index contributed by atoms with van der Waals surface area (Å²) in [6.45, 7) is 1.69. The van der Waals surface area contributed by atoms with Crippen molar-refractivity contribution >= 4 is 0 Å². The molecule has 0 aliphatic carbocycles. The van der Waals surface area contributed by atoms with Crippen LogP contribution in [-0.2, 0) is 18.2 Å². The molecule has 21 heavy (non-hydrogen) atoms. The maximum atomic E-state index is 13.1. The number of hydrogen-bond donors (Lipinski definition) is 1. The van der Waals surface area contributed by atoms with Gasteiger partial charge in [0, 0.05) is 6.42 Å². The third-order valence-electron chi connectivity index (χ3n) is 3.66. The fourth-order valence-electron chi connectivity index (χ4n) is 2.48. The first-order valence-electron chi connectivity index (χ1n) is 6.80. The Labute approximate surface area is 122 Å². The van der Waals surface area contributed by atoms with Crippen molar-refractivity contribution in [3.05, 3.63) is 71.3 Å². The molecule has 0 saturated heterocycles. The van der Waals surface area contributed by atoms with E-state index in [0.717, 1.165) is 11.6 Å². The molecule has 1 atom stereocenters. The highest BCUT2D eigenvalue weighted by molar-refractivity contribution is 5.36. The Morgan fingerprint density at radius 1 is 0.857 bits per heavy atom. The lowest BCUT2D eigenvalue weighted by Crippen LogP contribution is -2.30. The van der Waals surface area contributed by atoms with Crippen molar-refractivity contribution in [2.24, 2.45) is 0 Å². The first-order valence-corrected chi connectivity index (χ1v) is 6.80. The lowest BCUT2D eigenvalue weighted by Gasteiger charge is -2.30. The lowest BCUT2D eigenvalue weighted by atomic mass is 9.82. The summed E-state index contributed by atoms with van der Waals surface area (Å²) in [6, 6.07) is 14.3. The summed E-state index contributed by atoms with van der Waals surface area (Å²) in [7, 11) is 0. The molecule has 1 nitrogen and oxygen atoms in total. The van der Waals surface area contributed by atoms with Crippen LogP contribution >= 0.6 is 0 Å². The van der Waals surface area contributed by atoms with Gasteiger partial charge in [0.15, 0.2) is 0 Å². The summed E-state index contributed by atoms with van der Waals surface area (Å²) in [4.78, 5) is 0. The van der Waals surface area contributed by atoms with E-state index in [1.54, 1.807) is 31.2 Å². The van der Waals surface area contributed by atoms with Crippen LogP contribution in [0.2, 0.25) is 0 Å². The Hall–Kier alpha value is -1.81. The third kappa shape index (κ3) is 3.45. The molecule has 112 valence electrons. The second kappa shape index (κ2) is 5.90. The first kappa shape index (κ1) is 15.6. The zero-order chi connectivity index (χ0) is 15.5. The summed E-state index contributed by atoms with van der Waals surface area (Å²) >= 11 is 0. The number of halogens is 3. The van der Waals surface area contributed by atoms with Gasteiger partial charge in [-0.1, -0.05) is 55.5 Å². The van der Waals surface area contributed by atoms with Crippen molar-refractivity contribution in [3.63, 3.8) is 0 Å². The highest BCUT2D eigenvalue weighted by Gasteiger charge is 2.39.